The minimum atomic E-state index is -0.307. The minimum absolute atomic E-state index is 0.129. The second-order valence-corrected chi connectivity index (χ2v) is 3.47. The number of carbonyl (C=O) groups is 1. The third-order valence-corrected chi connectivity index (χ3v) is 2.80. The van der Waals surface area contributed by atoms with Crippen molar-refractivity contribution < 1.29 is 14.3 Å². The highest BCUT2D eigenvalue weighted by atomic mass is 16.6. The summed E-state index contributed by atoms with van der Waals surface area (Å²) >= 11 is 0. The largest absolute Gasteiger partial charge is 0.447 e. The lowest BCUT2D eigenvalue weighted by Gasteiger charge is -2.26. The Morgan fingerprint density at radius 3 is 3.17 bits per heavy atom. The van der Waals surface area contributed by atoms with E-state index in [0.717, 1.165) is 19.3 Å². The first-order valence-electron chi connectivity index (χ1n) is 4.24. The maximum Gasteiger partial charge on any atom is 0.407 e. The van der Waals surface area contributed by atoms with Gasteiger partial charge in [0.15, 0.2) is 0 Å². The van der Waals surface area contributed by atoms with E-state index in [1.807, 2.05) is 0 Å². The monoisotopic (exact) mass is 171 g/mol. The molecule has 68 valence electrons. The number of nitrogens with one attached hydrogen (secondary N) is 1. The van der Waals surface area contributed by atoms with Crippen molar-refractivity contribution in [3.8, 4) is 0 Å². The van der Waals surface area contributed by atoms with Gasteiger partial charge in [0.2, 0.25) is 0 Å². The molecule has 1 N–H and O–H groups in total. The van der Waals surface area contributed by atoms with Gasteiger partial charge in [-0.25, -0.2) is 4.79 Å². The number of ether oxygens (including phenoxy) is 2. The van der Waals surface area contributed by atoms with Crippen LogP contribution in [0.1, 0.15) is 19.3 Å². The van der Waals surface area contributed by atoms with Crippen LogP contribution in [0, 0.1) is 0 Å². The number of rotatable bonds is 1. The van der Waals surface area contributed by atoms with Gasteiger partial charge in [-0.2, -0.15) is 0 Å². The van der Waals surface area contributed by atoms with Crippen LogP contribution < -0.4 is 5.32 Å². The smallest absolute Gasteiger partial charge is 0.407 e. The molecular weight excluding hydrogens is 158 g/mol. The topological polar surface area (TPSA) is 47.6 Å². The van der Waals surface area contributed by atoms with Crippen LogP contribution in [0.25, 0.3) is 0 Å². The van der Waals surface area contributed by atoms with Gasteiger partial charge in [-0.15, -0.1) is 0 Å². The lowest BCUT2D eigenvalue weighted by Crippen LogP contribution is -2.50. The lowest BCUT2D eigenvalue weighted by atomic mass is 9.97. The van der Waals surface area contributed by atoms with Crippen LogP contribution in [0.5, 0.6) is 0 Å². The zero-order chi connectivity index (χ0) is 8.60. The van der Waals surface area contributed by atoms with Gasteiger partial charge < -0.3 is 14.8 Å². The molecule has 0 aromatic rings. The molecule has 2 rings (SSSR count). The van der Waals surface area contributed by atoms with Gasteiger partial charge in [0.05, 0.1) is 6.10 Å². The first-order valence-corrected chi connectivity index (χ1v) is 4.24. The number of hydrogen-bond donors (Lipinski definition) is 1. The molecule has 4 heteroatoms. The van der Waals surface area contributed by atoms with E-state index in [4.69, 9.17) is 9.47 Å². The Hall–Kier alpha value is -0.770. The van der Waals surface area contributed by atoms with Gasteiger partial charge in [0, 0.05) is 7.11 Å². The molecule has 1 heterocycles. The Bertz CT molecular complexity index is 206. The summed E-state index contributed by atoms with van der Waals surface area (Å²) in [6.07, 6.45) is 2.90. The summed E-state index contributed by atoms with van der Waals surface area (Å²) in [5, 5.41) is 2.84. The lowest BCUT2D eigenvalue weighted by molar-refractivity contribution is 0.0405. The first-order chi connectivity index (χ1) is 5.77. The molecule has 1 saturated carbocycles. The Balaban J connectivity index is 2.14. The summed E-state index contributed by atoms with van der Waals surface area (Å²) in [4.78, 5) is 10.9. The fraction of sp³-hybridized carbons (Fsp3) is 0.875. The summed E-state index contributed by atoms with van der Waals surface area (Å²) in [7, 11) is 1.68. The predicted molar refractivity (Wildman–Crippen MR) is 41.9 cm³/mol. The average Bonchev–Trinajstić information content (AvgIpc) is 2.60. The number of alkyl carbamates (subject to hydrolysis) is 1. The summed E-state index contributed by atoms with van der Waals surface area (Å²) < 4.78 is 10.2. The van der Waals surface area contributed by atoms with Gasteiger partial charge >= 0.3 is 6.09 Å². The van der Waals surface area contributed by atoms with Gasteiger partial charge in [0.25, 0.3) is 0 Å². The minimum Gasteiger partial charge on any atom is -0.447 e. The second-order valence-electron chi connectivity index (χ2n) is 3.47. The van der Waals surface area contributed by atoms with Crippen LogP contribution in [-0.2, 0) is 9.47 Å². The van der Waals surface area contributed by atoms with E-state index >= 15 is 0 Å². The average molecular weight is 171 g/mol. The normalized spacial score (nSPS) is 40.1. The van der Waals surface area contributed by atoms with Crippen LogP contribution in [0.2, 0.25) is 0 Å². The maximum atomic E-state index is 10.9. The highest BCUT2D eigenvalue weighted by Gasteiger charge is 2.49. The molecule has 2 fully saturated rings. The number of amides is 1. The molecule has 2 aliphatic rings. The molecule has 0 bridgehead atoms. The van der Waals surface area contributed by atoms with Crippen molar-refractivity contribution >= 4 is 6.09 Å². The molecule has 0 radical (unpaired) electrons. The van der Waals surface area contributed by atoms with Gasteiger partial charge in [-0.3, -0.25) is 0 Å². The molecule has 12 heavy (non-hydrogen) atoms. The molecule has 2 atom stereocenters. The summed E-state index contributed by atoms with van der Waals surface area (Å²) in [6.45, 7) is 0.463. The molecule has 1 aliphatic carbocycles. The molecule has 2 unspecified atom stereocenters. The molecule has 4 nitrogen and oxygen atoms in total. The van der Waals surface area contributed by atoms with Crippen molar-refractivity contribution in [3.05, 3.63) is 0 Å². The van der Waals surface area contributed by atoms with E-state index < -0.39 is 0 Å². The van der Waals surface area contributed by atoms with Gasteiger partial charge in [-0.1, -0.05) is 0 Å². The number of hydrogen-bond acceptors (Lipinski definition) is 3. The molecule has 1 amide bonds. The van der Waals surface area contributed by atoms with Crippen LogP contribution >= 0.6 is 0 Å². The van der Waals surface area contributed by atoms with E-state index in [9.17, 15) is 4.79 Å². The van der Waals surface area contributed by atoms with Crippen molar-refractivity contribution in [2.45, 2.75) is 30.9 Å². The van der Waals surface area contributed by atoms with Gasteiger partial charge in [0.1, 0.15) is 12.1 Å². The molecule has 1 saturated heterocycles. The van der Waals surface area contributed by atoms with Crippen molar-refractivity contribution in [3.63, 3.8) is 0 Å². The van der Waals surface area contributed by atoms with Crippen molar-refractivity contribution in [2.24, 2.45) is 0 Å². The van der Waals surface area contributed by atoms with Crippen molar-refractivity contribution in [1.82, 2.24) is 5.32 Å². The van der Waals surface area contributed by atoms with E-state index in [2.05, 4.69) is 5.32 Å². The highest BCUT2D eigenvalue weighted by Crippen LogP contribution is 2.34. The number of carbonyl (C=O) groups excluding carboxylic acids is 1. The third kappa shape index (κ3) is 0.982. The van der Waals surface area contributed by atoms with E-state index in [-0.39, 0.29) is 17.7 Å². The SMILES string of the molecule is COC1CCCC12COC(=O)N2. The zero-order valence-corrected chi connectivity index (χ0v) is 7.13. The van der Waals surface area contributed by atoms with Crippen LogP contribution in [0.3, 0.4) is 0 Å². The maximum absolute atomic E-state index is 10.9. The third-order valence-electron chi connectivity index (χ3n) is 2.80. The van der Waals surface area contributed by atoms with E-state index in [0.29, 0.717) is 6.61 Å². The molecule has 0 aromatic heterocycles. The van der Waals surface area contributed by atoms with Crippen LogP contribution in [0.4, 0.5) is 4.79 Å². The zero-order valence-electron chi connectivity index (χ0n) is 7.13. The Kier molecular flexibility index (Phi) is 1.72. The Morgan fingerprint density at radius 2 is 2.58 bits per heavy atom. The molecular formula is C8H13NO3. The predicted octanol–water partition coefficient (Wildman–Crippen LogP) is 0.664. The molecule has 1 spiro atoms. The summed E-state index contributed by atoms with van der Waals surface area (Å²) in [6, 6.07) is 0. The fourth-order valence-electron chi connectivity index (χ4n) is 2.16. The van der Waals surface area contributed by atoms with Gasteiger partial charge in [-0.05, 0) is 19.3 Å². The number of methoxy groups -OCH3 is 1. The van der Waals surface area contributed by atoms with Crippen molar-refractivity contribution in [1.29, 1.82) is 0 Å². The van der Waals surface area contributed by atoms with E-state index in [1.54, 1.807) is 7.11 Å². The van der Waals surface area contributed by atoms with Crippen molar-refractivity contribution in [2.75, 3.05) is 13.7 Å². The van der Waals surface area contributed by atoms with Crippen LogP contribution in [-0.4, -0.2) is 31.5 Å². The quantitative estimate of drug-likeness (QED) is 0.630. The fourth-order valence-corrected chi connectivity index (χ4v) is 2.16. The standard InChI is InChI=1S/C8H13NO3/c1-11-6-3-2-4-8(6)5-12-7(10)9-8/h6H,2-5H2,1H3,(H,9,10). The highest BCUT2D eigenvalue weighted by molar-refractivity contribution is 5.71. The summed E-state index contributed by atoms with van der Waals surface area (Å²) in [5.74, 6) is 0. The Morgan fingerprint density at radius 1 is 1.75 bits per heavy atom. The summed E-state index contributed by atoms with van der Waals surface area (Å²) in [5.41, 5.74) is -0.216. The second kappa shape index (κ2) is 2.62. The van der Waals surface area contributed by atoms with E-state index in [1.165, 1.54) is 0 Å². The van der Waals surface area contributed by atoms with Crippen LogP contribution in [0.15, 0.2) is 0 Å². The molecule has 0 aromatic carbocycles. The number of cyclic esters (lactones) is 1. The molecule has 1 aliphatic heterocycles. The first kappa shape index (κ1) is 7.86. The Labute approximate surface area is 71.2 Å².